The Morgan fingerprint density at radius 3 is 2.27 bits per heavy atom. The monoisotopic (exact) mass is 706 g/mol. The first-order valence-corrected chi connectivity index (χ1v) is 16.8. The van der Waals surface area contributed by atoms with Crippen molar-refractivity contribution in [2.75, 3.05) is 7.11 Å². The van der Waals surface area contributed by atoms with Crippen molar-refractivity contribution in [1.82, 2.24) is 9.97 Å². The normalized spacial score (nSPS) is 32.5. The van der Waals surface area contributed by atoms with Crippen LogP contribution in [0.2, 0.25) is 0 Å². The average Bonchev–Trinajstić information content (AvgIpc) is 3.36. The first kappa shape index (κ1) is 37.5. The highest BCUT2D eigenvalue weighted by molar-refractivity contribution is 6.23. The number of carbonyl (C=O) groups is 2. The van der Waals surface area contributed by atoms with Gasteiger partial charge in [-0.05, 0) is 25.5 Å². The minimum absolute atomic E-state index is 0.0343. The number of hydrogen-bond acceptors (Lipinski definition) is 13. The van der Waals surface area contributed by atoms with Gasteiger partial charge in [0, 0.05) is 61.8 Å². The fourth-order valence-corrected chi connectivity index (χ4v) is 7.08. The summed E-state index contributed by atoms with van der Waals surface area (Å²) in [5.41, 5.74) is 0.551. The second kappa shape index (κ2) is 14.1. The minimum Gasteiger partial charge on any atom is -0.507 e. The number of hydrogen-bond donors (Lipinski definition) is 5. The number of rotatable bonds is 2. The summed E-state index contributed by atoms with van der Waals surface area (Å²) in [5, 5.41) is 56.8. The summed E-state index contributed by atoms with van der Waals surface area (Å²) in [7, 11) is 1.45. The third kappa shape index (κ3) is 6.49. The van der Waals surface area contributed by atoms with Crippen LogP contribution < -0.4 is 4.74 Å². The van der Waals surface area contributed by atoms with Gasteiger partial charge >= 0.3 is 11.8 Å². The van der Waals surface area contributed by atoms with Gasteiger partial charge in [-0.2, -0.15) is 0 Å². The lowest BCUT2D eigenvalue weighted by atomic mass is 9.78. The highest BCUT2D eigenvalue weighted by Gasteiger charge is 2.49. The zero-order valence-corrected chi connectivity index (χ0v) is 30.2. The van der Waals surface area contributed by atoms with Crippen molar-refractivity contribution in [2.45, 2.75) is 85.6 Å². The number of benzene rings is 2. The summed E-state index contributed by atoms with van der Waals surface area (Å²) in [5.74, 6) is -6.61. The number of esters is 1. The number of aliphatic hydroxyl groups is 2. The number of phenolic OH excluding ortho intramolecular Hbond substituents is 3. The topological polar surface area (TPSA) is 198 Å². The van der Waals surface area contributed by atoms with Crippen LogP contribution in [-0.2, 0) is 19.0 Å². The molecule has 0 saturated carbocycles. The molecular formula is C38H46N2O11. The summed E-state index contributed by atoms with van der Waals surface area (Å²) in [4.78, 5) is 35.2. The van der Waals surface area contributed by atoms with Crippen LogP contribution in [0.1, 0.15) is 70.2 Å². The van der Waals surface area contributed by atoms with E-state index in [9.17, 15) is 35.1 Å². The summed E-state index contributed by atoms with van der Waals surface area (Å²) in [6, 6.07) is 0. The van der Waals surface area contributed by atoms with Crippen molar-refractivity contribution in [1.29, 1.82) is 0 Å². The summed E-state index contributed by atoms with van der Waals surface area (Å²) < 4.78 is 23.4. The maximum Gasteiger partial charge on any atom is 0.312 e. The van der Waals surface area contributed by atoms with Gasteiger partial charge in [0.1, 0.15) is 28.9 Å². The van der Waals surface area contributed by atoms with Crippen molar-refractivity contribution in [3.63, 3.8) is 0 Å². The van der Waals surface area contributed by atoms with E-state index in [0.717, 1.165) is 0 Å². The van der Waals surface area contributed by atoms with Gasteiger partial charge in [0.25, 0.3) is 5.78 Å². The first-order valence-electron chi connectivity index (χ1n) is 16.8. The van der Waals surface area contributed by atoms with E-state index in [2.05, 4.69) is 9.97 Å². The predicted octanol–water partition coefficient (Wildman–Crippen LogP) is 5.22. The molecule has 274 valence electrons. The number of aliphatic hydroxyl groups excluding tert-OH is 2. The Balaban J connectivity index is 1.70. The Hall–Kier alpha value is -4.72. The lowest BCUT2D eigenvalue weighted by Gasteiger charge is -2.38. The number of nitrogens with zero attached hydrogens (tertiary/aromatic N) is 2. The van der Waals surface area contributed by atoms with E-state index in [4.69, 9.17) is 18.9 Å². The number of allylic oxidation sites excluding steroid dienone is 3. The highest BCUT2D eigenvalue weighted by atomic mass is 16.7. The van der Waals surface area contributed by atoms with Crippen LogP contribution in [0.5, 0.6) is 23.0 Å². The maximum absolute atomic E-state index is 14.1. The summed E-state index contributed by atoms with van der Waals surface area (Å²) in [6.07, 6.45) is 5.58. The Kier molecular flexibility index (Phi) is 10.4. The van der Waals surface area contributed by atoms with Crippen LogP contribution in [0, 0.1) is 30.6 Å². The van der Waals surface area contributed by atoms with E-state index < -0.39 is 82.9 Å². The number of fused-ring (bicyclic) bond motifs is 12. The van der Waals surface area contributed by atoms with Crippen LogP contribution >= 0.6 is 0 Å². The average molecular weight is 707 g/mol. The molecule has 0 radical (unpaired) electrons. The third-order valence-electron chi connectivity index (χ3n) is 10.3. The maximum atomic E-state index is 14.1. The van der Waals surface area contributed by atoms with Crippen LogP contribution in [0.3, 0.4) is 0 Å². The Morgan fingerprint density at radius 2 is 1.63 bits per heavy atom. The third-order valence-corrected chi connectivity index (χ3v) is 10.3. The molecule has 0 unspecified atom stereocenters. The molecule has 51 heavy (non-hydrogen) atoms. The van der Waals surface area contributed by atoms with Gasteiger partial charge in [0.2, 0.25) is 0 Å². The molecule has 1 aromatic heterocycles. The molecule has 0 spiro atoms. The molecule has 0 saturated heterocycles. The predicted molar refractivity (Wildman–Crippen MR) is 188 cm³/mol. The number of Topliss-reactive ketones (excluding diaryl/α,β-unsaturated/α-hetero) is 1. The smallest absolute Gasteiger partial charge is 0.312 e. The molecule has 7 bridgehead atoms. The molecule has 0 amide bonds. The highest BCUT2D eigenvalue weighted by Crippen LogP contribution is 2.54. The molecule has 3 aliphatic heterocycles. The summed E-state index contributed by atoms with van der Waals surface area (Å²) >= 11 is 0. The lowest BCUT2D eigenvalue weighted by Crippen LogP contribution is -2.46. The minimum atomic E-state index is -1.96. The number of ketones is 1. The van der Waals surface area contributed by atoms with Gasteiger partial charge in [-0.3, -0.25) is 9.59 Å². The molecule has 13 heteroatoms. The zero-order valence-electron chi connectivity index (χ0n) is 30.2. The Morgan fingerprint density at radius 1 is 0.941 bits per heavy atom. The molecular weight excluding hydrogens is 660 g/mol. The van der Waals surface area contributed by atoms with Gasteiger partial charge in [-0.15, -0.1) is 0 Å². The molecule has 13 nitrogen and oxygen atoms in total. The van der Waals surface area contributed by atoms with Gasteiger partial charge in [-0.1, -0.05) is 45.9 Å². The molecule has 9 atom stereocenters. The van der Waals surface area contributed by atoms with Crippen LogP contribution in [0.4, 0.5) is 0 Å². The number of aromatic nitrogens is 2. The first-order chi connectivity index (χ1) is 23.9. The van der Waals surface area contributed by atoms with Crippen molar-refractivity contribution >= 4 is 39.0 Å². The number of ether oxygens (including phenoxy) is 4. The largest absolute Gasteiger partial charge is 0.507 e. The second-order valence-corrected chi connectivity index (χ2v) is 13.8. The molecule has 2 aromatic carbocycles. The number of aromatic hydroxyl groups is 3. The molecule has 0 fully saturated rings. The number of carbonyl (C=O) groups excluding carboxylic acids is 2. The molecule has 0 aliphatic carbocycles. The standard InChI is InChI=1S/C38H46N2O11/c1-16-11-10-12-17(2)37-39-15-23-28(40-37)33(46)26-25(32(23)45)27-35(21(6)31(26)44)51-38(8,36(27)47)49-14-13-24(48-9)18(3)34(50-22(7)41)20(5)30(43)19(4)29(16)42/h10-16,18-20,24,29-30,34,42-46H,1-9H3/b11-10+,14-13+,17-12-/t16-,18+,19+,20+,24-,29-,30+,34+,38-/m0/s1. The molecule has 4 heterocycles. The van der Waals surface area contributed by atoms with Crippen molar-refractivity contribution in [3.05, 3.63) is 53.7 Å². The van der Waals surface area contributed by atoms with Crippen molar-refractivity contribution in [2.24, 2.45) is 23.7 Å². The van der Waals surface area contributed by atoms with Gasteiger partial charge < -0.3 is 44.5 Å². The fourth-order valence-electron chi connectivity index (χ4n) is 7.08. The zero-order chi connectivity index (χ0) is 37.7. The molecule has 5 N–H and O–H groups in total. The van der Waals surface area contributed by atoms with Crippen LogP contribution in [0.25, 0.3) is 27.2 Å². The number of phenols is 3. The van der Waals surface area contributed by atoms with Crippen LogP contribution in [-0.4, -0.2) is 84.6 Å². The second-order valence-electron chi connectivity index (χ2n) is 13.8. The molecule has 6 rings (SSSR count). The van der Waals surface area contributed by atoms with Gasteiger partial charge in [-0.25, -0.2) is 9.97 Å². The summed E-state index contributed by atoms with van der Waals surface area (Å²) in [6.45, 7) is 12.9. The Bertz CT molecular complexity index is 1970. The van der Waals surface area contributed by atoms with E-state index in [1.165, 1.54) is 46.4 Å². The van der Waals surface area contributed by atoms with Crippen LogP contribution in [0.15, 0.2) is 36.8 Å². The van der Waals surface area contributed by atoms with E-state index in [1.807, 2.05) is 6.92 Å². The SMILES string of the molecule is CO[C@H]1/C=C/O[C@@]2(C)Oc3c(C)c(O)c4c(O)c5nc(ncc5c(O)c4c3C2=O)/C(C)=C\C=C\[C@H](C)[C@H](O)[C@@H](C)[C@@H](O)[C@@H](C)[C@H](OC(C)=O)[C@@H]1C. The van der Waals surface area contributed by atoms with E-state index in [-0.39, 0.29) is 44.4 Å². The van der Waals surface area contributed by atoms with Gasteiger partial charge in [0.05, 0.1) is 40.9 Å². The van der Waals surface area contributed by atoms with Gasteiger partial charge in [0.15, 0.2) is 11.6 Å². The van der Waals surface area contributed by atoms with Crippen molar-refractivity contribution in [3.8, 4) is 23.0 Å². The lowest BCUT2D eigenvalue weighted by molar-refractivity contribution is -0.160. The molecule has 3 aliphatic rings. The Labute approximate surface area is 295 Å². The fraction of sp³-hybridized carbons (Fsp3) is 0.474. The van der Waals surface area contributed by atoms with E-state index in [1.54, 1.807) is 45.9 Å². The van der Waals surface area contributed by atoms with E-state index in [0.29, 0.717) is 5.57 Å². The number of methoxy groups -OCH3 is 1. The molecule has 3 aromatic rings. The van der Waals surface area contributed by atoms with Crippen molar-refractivity contribution < 1.29 is 54.1 Å². The van der Waals surface area contributed by atoms with E-state index >= 15 is 0 Å². The quantitative estimate of drug-likeness (QED) is 0.132.